The van der Waals surface area contributed by atoms with Gasteiger partial charge in [-0.1, -0.05) is 18.2 Å². The third-order valence-corrected chi connectivity index (χ3v) is 4.33. The molecule has 0 bridgehead atoms. The lowest BCUT2D eigenvalue weighted by Gasteiger charge is -2.08. The maximum absolute atomic E-state index is 12.1. The molecule has 3 rings (SSSR count). The fourth-order valence-electron chi connectivity index (χ4n) is 2.81. The predicted octanol–water partition coefficient (Wildman–Crippen LogP) is 3.16. The molecule has 7 heteroatoms. The highest BCUT2D eigenvalue weighted by molar-refractivity contribution is 5.91. The molecule has 30 heavy (non-hydrogen) atoms. The predicted molar refractivity (Wildman–Crippen MR) is 113 cm³/mol. The van der Waals surface area contributed by atoms with E-state index >= 15 is 0 Å². The van der Waals surface area contributed by atoms with Crippen molar-refractivity contribution in [2.24, 2.45) is 0 Å². The van der Waals surface area contributed by atoms with Gasteiger partial charge in [-0.2, -0.15) is 10.4 Å². The zero-order chi connectivity index (χ0) is 21.2. The molecular formula is C23H22N4O3. The molecule has 0 aliphatic rings. The second-order valence-corrected chi connectivity index (χ2v) is 6.35. The summed E-state index contributed by atoms with van der Waals surface area (Å²) in [6, 6.07) is 17.1. The molecule has 0 spiro atoms. The first kappa shape index (κ1) is 20.7. The second kappa shape index (κ2) is 10.5. The zero-order valence-corrected chi connectivity index (χ0v) is 16.6. The Morgan fingerprint density at radius 2 is 2.07 bits per heavy atom. The summed E-state index contributed by atoms with van der Waals surface area (Å²) in [5.74, 6) is 0.817. The normalized spacial score (nSPS) is 10.5. The molecule has 3 aromatic rings. The summed E-state index contributed by atoms with van der Waals surface area (Å²) in [6.07, 6.45) is 7.54. The molecule has 0 saturated carbocycles. The summed E-state index contributed by atoms with van der Waals surface area (Å²) in [7, 11) is 1.52. The number of carbonyl (C=O) groups is 1. The first-order valence-corrected chi connectivity index (χ1v) is 9.42. The van der Waals surface area contributed by atoms with Crippen molar-refractivity contribution in [2.45, 2.75) is 6.42 Å². The van der Waals surface area contributed by atoms with Gasteiger partial charge in [0.25, 0.3) is 0 Å². The molecule has 0 atom stereocenters. The maximum atomic E-state index is 12.1. The number of benzene rings is 2. The Morgan fingerprint density at radius 3 is 2.77 bits per heavy atom. The number of nitrogens with one attached hydrogen (secondary N) is 1. The van der Waals surface area contributed by atoms with Crippen molar-refractivity contribution in [3.8, 4) is 23.3 Å². The minimum Gasteiger partial charge on any atom is -0.493 e. The third-order valence-electron chi connectivity index (χ3n) is 4.33. The van der Waals surface area contributed by atoms with E-state index in [0.717, 1.165) is 23.2 Å². The highest BCUT2D eigenvalue weighted by Crippen LogP contribution is 2.28. The Hall–Kier alpha value is -4.05. The number of hydrogen-bond acceptors (Lipinski definition) is 5. The van der Waals surface area contributed by atoms with E-state index in [2.05, 4.69) is 10.4 Å². The minimum absolute atomic E-state index is 0.0556. The van der Waals surface area contributed by atoms with Gasteiger partial charge < -0.3 is 14.8 Å². The number of rotatable bonds is 9. The molecule has 0 aliphatic heterocycles. The average Bonchev–Trinajstić information content (AvgIpc) is 3.32. The summed E-state index contributed by atoms with van der Waals surface area (Å²) >= 11 is 0. The second-order valence-electron chi connectivity index (χ2n) is 6.35. The number of nitrogens with zero attached hydrogens (tertiary/aromatic N) is 3. The van der Waals surface area contributed by atoms with Crippen molar-refractivity contribution in [1.29, 1.82) is 5.26 Å². The van der Waals surface area contributed by atoms with Crippen molar-refractivity contribution < 1.29 is 14.3 Å². The zero-order valence-electron chi connectivity index (χ0n) is 16.6. The van der Waals surface area contributed by atoms with E-state index in [4.69, 9.17) is 14.7 Å². The Labute approximate surface area is 175 Å². The van der Waals surface area contributed by atoms with Gasteiger partial charge >= 0.3 is 0 Å². The fourth-order valence-corrected chi connectivity index (χ4v) is 2.81. The molecule has 0 aliphatic carbocycles. The van der Waals surface area contributed by atoms with Crippen LogP contribution in [0, 0.1) is 11.3 Å². The van der Waals surface area contributed by atoms with Crippen LogP contribution in [-0.4, -0.2) is 35.9 Å². The molecule has 0 unspecified atom stereocenters. The van der Waals surface area contributed by atoms with Crippen LogP contribution in [0.3, 0.4) is 0 Å². The minimum atomic E-state index is -0.174. The monoisotopic (exact) mass is 402 g/mol. The lowest BCUT2D eigenvalue weighted by molar-refractivity contribution is -0.116. The molecule has 1 amide bonds. The molecule has 1 aromatic heterocycles. The standard InChI is InChI=1S/C23H22N4O3/c1-29-22-17-19(5-9-21(22)30-16-12-24)6-10-23(28)25-14-11-18-3-7-20(8-4-18)27-15-2-13-26-27/h2-10,13,15,17H,11,14,16H2,1H3,(H,25,28)/b10-6+. The van der Waals surface area contributed by atoms with Gasteiger partial charge in [0, 0.05) is 25.0 Å². The van der Waals surface area contributed by atoms with Crippen molar-refractivity contribution >= 4 is 12.0 Å². The van der Waals surface area contributed by atoms with Gasteiger partial charge in [-0.25, -0.2) is 4.68 Å². The maximum Gasteiger partial charge on any atom is 0.244 e. The Bertz CT molecular complexity index is 1040. The van der Waals surface area contributed by atoms with Crippen LogP contribution in [0.25, 0.3) is 11.8 Å². The van der Waals surface area contributed by atoms with Gasteiger partial charge in [0.05, 0.1) is 12.8 Å². The third kappa shape index (κ3) is 5.72. The quantitative estimate of drug-likeness (QED) is 0.556. The number of hydrogen-bond donors (Lipinski definition) is 1. The smallest absolute Gasteiger partial charge is 0.244 e. The number of nitriles is 1. The highest BCUT2D eigenvalue weighted by Gasteiger charge is 2.05. The summed E-state index contributed by atoms with van der Waals surface area (Å²) in [4.78, 5) is 12.1. The fraction of sp³-hybridized carbons (Fsp3) is 0.174. The van der Waals surface area contributed by atoms with Crippen molar-refractivity contribution in [3.05, 3.63) is 78.1 Å². The number of carbonyl (C=O) groups excluding carboxylic acids is 1. The van der Waals surface area contributed by atoms with Crippen LogP contribution in [0.5, 0.6) is 11.5 Å². The Morgan fingerprint density at radius 1 is 1.23 bits per heavy atom. The van der Waals surface area contributed by atoms with Crippen LogP contribution >= 0.6 is 0 Å². The van der Waals surface area contributed by atoms with Crippen molar-refractivity contribution in [2.75, 3.05) is 20.3 Å². The van der Waals surface area contributed by atoms with Gasteiger partial charge in [-0.05, 0) is 54.0 Å². The molecule has 152 valence electrons. The molecular weight excluding hydrogens is 380 g/mol. The molecule has 1 N–H and O–H groups in total. The van der Waals surface area contributed by atoms with Crippen LogP contribution in [-0.2, 0) is 11.2 Å². The first-order valence-electron chi connectivity index (χ1n) is 9.42. The van der Waals surface area contributed by atoms with Crippen LogP contribution < -0.4 is 14.8 Å². The van der Waals surface area contributed by atoms with Gasteiger partial charge in [0.2, 0.25) is 5.91 Å². The topological polar surface area (TPSA) is 89.2 Å². The van der Waals surface area contributed by atoms with E-state index in [9.17, 15) is 4.79 Å². The Balaban J connectivity index is 1.48. The van der Waals surface area contributed by atoms with E-state index in [-0.39, 0.29) is 12.5 Å². The molecule has 2 aromatic carbocycles. The van der Waals surface area contributed by atoms with Crippen molar-refractivity contribution in [1.82, 2.24) is 15.1 Å². The van der Waals surface area contributed by atoms with E-state index < -0.39 is 0 Å². The lowest BCUT2D eigenvalue weighted by atomic mass is 10.1. The van der Waals surface area contributed by atoms with Gasteiger partial charge in [0.1, 0.15) is 6.07 Å². The van der Waals surface area contributed by atoms with Crippen LogP contribution in [0.4, 0.5) is 0 Å². The summed E-state index contributed by atoms with van der Waals surface area (Å²) in [6.45, 7) is 0.481. The molecule has 0 radical (unpaired) electrons. The molecule has 7 nitrogen and oxygen atoms in total. The summed E-state index contributed by atoms with van der Waals surface area (Å²) < 4.78 is 12.3. The van der Waals surface area contributed by atoms with E-state index in [1.165, 1.54) is 13.2 Å². The SMILES string of the molecule is COc1cc(/C=C/C(=O)NCCc2ccc(-n3cccn3)cc2)ccc1OCC#N. The number of methoxy groups -OCH3 is 1. The van der Waals surface area contributed by atoms with Gasteiger partial charge in [-0.15, -0.1) is 0 Å². The average molecular weight is 402 g/mol. The van der Waals surface area contributed by atoms with Gasteiger partial charge in [-0.3, -0.25) is 4.79 Å². The number of aromatic nitrogens is 2. The number of amides is 1. The number of ether oxygens (including phenoxy) is 2. The van der Waals surface area contributed by atoms with E-state index in [0.29, 0.717) is 18.0 Å². The van der Waals surface area contributed by atoms with Crippen LogP contribution in [0.1, 0.15) is 11.1 Å². The van der Waals surface area contributed by atoms with E-state index in [1.807, 2.05) is 42.6 Å². The first-order chi connectivity index (χ1) is 14.7. The summed E-state index contributed by atoms with van der Waals surface area (Å²) in [5, 5.41) is 15.7. The lowest BCUT2D eigenvalue weighted by Crippen LogP contribution is -2.23. The van der Waals surface area contributed by atoms with Crippen LogP contribution in [0.15, 0.2) is 67.0 Å². The Kier molecular flexibility index (Phi) is 7.23. The van der Waals surface area contributed by atoms with Crippen LogP contribution in [0.2, 0.25) is 0 Å². The summed E-state index contributed by atoms with van der Waals surface area (Å²) in [5.41, 5.74) is 2.92. The molecule has 0 saturated heterocycles. The molecule has 1 heterocycles. The molecule has 0 fully saturated rings. The van der Waals surface area contributed by atoms with Gasteiger partial charge in [0.15, 0.2) is 18.1 Å². The largest absolute Gasteiger partial charge is 0.493 e. The van der Waals surface area contributed by atoms with Crippen molar-refractivity contribution in [3.63, 3.8) is 0 Å². The van der Waals surface area contributed by atoms with E-state index in [1.54, 1.807) is 35.2 Å². The highest BCUT2D eigenvalue weighted by atomic mass is 16.5.